The molecule has 0 aliphatic carbocycles. The summed E-state index contributed by atoms with van der Waals surface area (Å²) in [6, 6.07) is -0.0585. The molecule has 0 unspecified atom stereocenters. The van der Waals surface area contributed by atoms with Gasteiger partial charge in [0.1, 0.15) is 0 Å². The van der Waals surface area contributed by atoms with Gasteiger partial charge in [-0.2, -0.15) is 0 Å². The summed E-state index contributed by atoms with van der Waals surface area (Å²) in [5, 5.41) is 6.08. The molecular weight excluding hydrogens is 689 g/mol. The Morgan fingerprint density at radius 1 is 0.558 bits per heavy atom. The van der Waals surface area contributed by atoms with Crippen molar-refractivity contribution >= 4 is 45.2 Å². The molecule has 0 aromatic carbocycles. The Hall–Kier alpha value is -2.98. The van der Waals surface area contributed by atoms with Crippen molar-refractivity contribution in [2.45, 2.75) is 142 Å². The van der Waals surface area contributed by atoms with Crippen LogP contribution >= 0.6 is 21.6 Å². The predicted octanol–water partition coefficient (Wildman–Crippen LogP) is 9.83. The Bertz CT molecular complexity index is 1040. The molecule has 0 saturated heterocycles. The highest BCUT2D eigenvalue weighted by molar-refractivity contribution is 8.76. The summed E-state index contributed by atoms with van der Waals surface area (Å²) >= 11 is 0. The van der Waals surface area contributed by atoms with Crippen LogP contribution in [0.2, 0.25) is 0 Å². The number of carbonyl (C=O) groups is 4. The van der Waals surface area contributed by atoms with E-state index in [0.717, 1.165) is 101 Å². The van der Waals surface area contributed by atoms with E-state index >= 15 is 0 Å². The molecule has 2 atom stereocenters. The number of nitrogens with one attached hydrogen (secondary N) is 2. The van der Waals surface area contributed by atoms with Crippen LogP contribution in [0.25, 0.3) is 0 Å². The molecule has 294 valence electrons. The van der Waals surface area contributed by atoms with Crippen molar-refractivity contribution in [3.8, 4) is 0 Å². The van der Waals surface area contributed by atoms with Crippen LogP contribution in [0.1, 0.15) is 129 Å². The topological polar surface area (TPSA) is 98.8 Å². The summed E-state index contributed by atoms with van der Waals surface area (Å²) in [6.45, 7) is 10.5. The van der Waals surface area contributed by atoms with Gasteiger partial charge in [0, 0.05) is 64.7 Å². The second kappa shape index (κ2) is 35.1. The molecule has 2 N–H and O–H groups in total. The van der Waals surface area contributed by atoms with E-state index in [2.05, 4.69) is 48.1 Å². The third kappa shape index (κ3) is 31.7. The summed E-state index contributed by atoms with van der Waals surface area (Å²) in [5.74, 6) is 1.75. The summed E-state index contributed by atoms with van der Waals surface area (Å²) < 4.78 is 0. The van der Waals surface area contributed by atoms with Crippen LogP contribution in [0.15, 0.2) is 74.2 Å². The lowest BCUT2D eigenvalue weighted by Crippen LogP contribution is -2.34. The summed E-state index contributed by atoms with van der Waals surface area (Å²) in [5.41, 5.74) is 0. The minimum Gasteiger partial charge on any atom is -0.349 e. The maximum atomic E-state index is 12.1. The highest BCUT2D eigenvalue weighted by Crippen LogP contribution is 2.24. The lowest BCUT2D eigenvalue weighted by molar-refractivity contribution is -0.128. The first-order chi connectivity index (χ1) is 25.1. The molecule has 10 heteroatoms. The van der Waals surface area contributed by atoms with E-state index in [1.54, 1.807) is 59.3 Å². The SMILES string of the molecule is C=CC/C=C/N(C)C(=O)CCCCCCCC/C=C/[C@H](CSSC[C@@H](/C=C/CCCCCCCCC(=O)N(C)/C=C/CC=C)NC(C)=O)NC(C)=O. The van der Waals surface area contributed by atoms with Crippen LogP contribution in [0.4, 0.5) is 0 Å². The fraction of sp³-hybridized carbons (Fsp3) is 0.619. The van der Waals surface area contributed by atoms with E-state index in [1.165, 1.54) is 12.8 Å². The van der Waals surface area contributed by atoms with Crippen molar-refractivity contribution in [2.24, 2.45) is 0 Å². The molecule has 0 saturated carbocycles. The van der Waals surface area contributed by atoms with Gasteiger partial charge in [0.15, 0.2) is 0 Å². The van der Waals surface area contributed by atoms with Crippen molar-refractivity contribution in [1.29, 1.82) is 0 Å². The molecule has 0 heterocycles. The molecule has 0 bridgehead atoms. The van der Waals surface area contributed by atoms with E-state index < -0.39 is 0 Å². The van der Waals surface area contributed by atoms with Crippen LogP contribution in [-0.2, 0) is 19.2 Å². The Balaban J connectivity index is 4.22. The first-order valence-corrected chi connectivity index (χ1v) is 21.8. The Labute approximate surface area is 324 Å². The first kappa shape index (κ1) is 49.0. The lowest BCUT2D eigenvalue weighted by atomic mass is 10.1. The largest absolute Gasteiger partial charge is 0.349 e. The molecular formula is C42H70N4O4S2. The fourth-order valence-electron chi connectivity index (χ4n) is 5.22. The standard InChI is InChI=1S/C42H70N4O4S2/c1-7-9-27-33-45(5)41(49)31-25-21-17-13-11-15-19-23-29-39(43-37(3)47)35-51-52-36-40(44-38(4)48)30-24-20-16-12-14-18-22-26-32-42(50)46(6)34-28-10-8-2/h7-8,23-24,27-30,33-34,39-40H,1-2,9-22,25-26,31-32,35-36H2,3-6H3,(H,43,47)(H,44,48)/b29-23+,30-24+,33-27+,34-28+/t39-,40-/m1/s1. The second-order valence-corrected chi connectivity index (χ2v) is 15.7. The van der Waals surface area contributed by atoms with E-state index in [9.17, 15) is 19.2 Å². The highest BCUT2D eigenvalue weighted by Gasteiger charge is 2.10. The van der Waals surface area contributed by atoms with Gasteiger partial charge in [0.2, 0.25) is 23.6 Å². The van der Waals surface area contributed by atoms with Crippen LogP contribution in [0, 0.1) is 0 Å². The van der Waals surface area contributed by atoms with E-state index in [-0.39, 0.29) is 35.7 Å². The van der Waals surface area contributed by atoms with Crippen LogP contribution in [0.5, 0.6) is 0 Å². The van der Waals surface area contributed by atoms with Gasteiger partial charge in [-0.25, -0.2) is 0 Å². The zero-order valence-electron chi connectivity index (χ0n) is 32.8. The van der Waals surface area contributed by atoms with Crippen LogP contribution < -0.4 is 10.6 Å². The fourth-order valence-corrected chi connectivity index (χ4v) is 7.55. The smallest absolute Gasteiger partial charge is 0.226 e. The number of nitrogens with zero attached hydrogens (tertiary/aromatic N) is 2. The van der Waals surface area contributed by atoms with Gasteiger partial charge in [-0.3, -0.25) is 19.2 Å². The second-order valence-electron chi connectivity index (χ2n) is 13.2. The predicted molar refractivity (Wildman–Crippen MR) is 226 cm³/mol. The Morgan fingerprint density at radius 3 is 1.25 bits per heavy atom. The molecule has 0 aliphatic rings. The van der Waals surface area contributed by atoms with E-state index in [4.69, 9.17) is 0 Å². The molecule has 0 radical (unpaired) electrons. The average Bonchev–Trinajstić information content (AvgIpc) is 3.10. The number of hydrogen-bond acceptors (Lipinski definition) is 6. The van der Waals surface area contributed by atoms with Gasteiger partial charge in [-0.05, 0) is 51.4 Å². The zero-order chi connectivity index (χ0) is 38.7. The summed E-state index contributed by atoms with van der Waals surface area (Å²) in [4.78, 5) is 51.2. The van der Waals surface area contributed by atoms with Gasteiger partial charge in [0.05, 0.1) is 12.1 Å². The van der Waals surface area contributed by atoms with E-state index in [0.29, 0.717) is 12.8 Å². The summed E-state index contributed by atoms with van der Waals surface area (Å²) in [7, 11) is 7.03. The lowest BCUT2D eigenvalue weighted by Gasteiger charge is -2.16. The molecule has 0 aliphatic heterocycles. The average molecular weight is 759 g/mol. The quantitative estimate of drug-likeness (QED) is 0.0393. The first-order valence-electron chi connectivity index (χ1n) is 19.3. The third-order valence-electron chi connectivity index (χ3n) is 8.17. The Kier molecular flexibility index (Phi) is 33.1. The van der Waals surface area contributed by atoms with Crippen molar-refractivity contribution in [3.05, 3.63) is 74.2 Å². The molecule has 0 aromatic rings. The number of amides is 4. The van der Waals surface area contributed by atoms with Crippen molar-refractivity contribution < 1.29 is 19.2 Å². The van der Waals surface area contributed by atoms with Gasteiger partial charge in [-0.1, -0.05) is 122 Å². The number of hydrogen-bond donors (Lipinski definition) is 2. The number of carbonyl (C=O) groups excluding carboxylic acids is 4. The molecule has 0 aromatic heterocycles. The molecule has 0 spiro atoms. The molecule has 8 nitrogen and oxygen atoms in total. The van der Waals surface area contributed by atoms with Gasteiger partial charge < -0.3 is 20.4 Å². The van der Waals surface area contributed by atoms with Crippen LogP contribution in [0.3, 0.4) is 0 Å². The minimum atomic E-state index is -0.0390. The number of unbranched alkanes of at least 4 members (excludes halogenated alkanes) is 12. The number of rotatable bonds is 33. The third-order valence-corrected chi connectivity index (χ3v) is 10.6. The zero-order valence-corrected chi connectivity index (χ0v) is 34.5. The van der Waals surface area contributed by atoms with Gasteiger partial charge >= 0.3 is 0 Å². The maximum Gasteiger partial charge on any atom is 0.226 e. The monoisotopic (exact) mass is 758 g/mol. The summed E-state index contributed by atoms with van der Waals surface area (Å²) in [6.07, 6.45) is 37.5. The van der Waals surface area contributed by atoms with Crippen molar-refractivity contribution in [1.82, 2.24) is 20.4 Å². The van der Waals surface area contributed by atoms with Crippen LogP contribution in [-0.4, -0.2) is 71.1 Å². The molecule has 52 heavy (non-hydrogen) atoms. The Morgan fingerprint density at radius 2 is 0.904 bits per heavy atom. The maximum absolute atomic E-state index is 12.1. The molecule has 0 fully saturated rings. The van der Waals surface area contributed by atoms with Gasteiger partial charge in [0.25, 0.3) is 0 Å². The molecule has 4 amide bonds. The van der Waals surface area contributed by atoms with Gasteiger partial charge in [-0.15, -0.1) is 13.2 Å². The highest BCUT2D eigenvalue weighted by atomic mass is 33.1. The van der Waals surface area contributed by atoms with E-state index in [1.807, 2.05) is 36.7 Å². The minimum absolute atomic E-state index is 0.0292. The number of allylic oxidation sites excluding steroid dienone is 6. The van der Waals surface area contributed by atoms with Crippen molar-refractivity contribution in [3.63, 3.8) is 0 Å². The normalized spacial score (nSPS) is 12.8. The van der Waals surface area contributed by atoms with Crippen molar-refractivity contribution in [2.75, 3.05) is 25.6 Å². The molecule has 0 rings (SSSR count).